The first-order chi connectivity index (χ1) is 9.26. The van der Waals surface area contributed by atoms with Crippen LogP contribution in [0.5, 0.6) is 0 Å². The van der Waals surface area contributed by atoms with Crippen LogP contribution in [0, 0.1) is 0 Å². The molecule has 0 aliphatic carbocycles. The fraction of sp³-hybridized carbons (Fsp3) is 0.500. The lowest BCUT2D eigenvalue weighted by atomic mass is 10.1. The number of anilines is 1. The molecule has 7 nitrogen and oxygen atoms in total. The number of hydrogen-bond acceptors (Lipinski definition) is 5. The van der Waals surface area contributed by atoms with Gasteiger partial charge in [0, 0.05) is 5.54 Å². The molecule has 0 saturated carbocycles. The van der Waals surface area contributed by atoms with Gasteiger partial charge in [0.1, 0.15) is 11.6 Å². The minimum Gasteiger partial charge on any atom is -0.357 e. The number of aromatic amines is 1. The van der Waals surface area contributed by atoms with Crippen molar-refractivity contribution in [2.75, 3.05) is 5.32 Å². The standard InChI is InChI=1S/C12H17ClN6O/c1-6(10(20)19-12(2,3)4)16-9-7-8(15-5-14-7)17-11(13)18-9/h5-6H,1-4H3,(H,19,20)(H2,14,15,16,17,18). The number of amides is 1. The van der Waals surface area contributed by atoms with Crippen LogP contribution in [0.15, 0.2) is 6.33 Å². The van der Waals surface area contributed by atoms with E-state index in [1.807, 2.05) is 20.8 Å². The van der Waals surface area contributed by atoms with E-state index >= 15 is 0 Å². The van der Waals surface area contributed by atoms with Crippen LogP contribution in [0.25, 0.3) is 11.2 Å². The van der Waals surface area contributed by atoms with Crippen molar-refractivity contribution in [1.29, 1.82) is 0 Å². The Morgan fingerprint density at radius 3 is 2.75 bits per heavy atom. The van der Waals surface area contributed by atoms with Crippen molar-refractivity contribution in [3.8, 4) is 0 Å². The highest BCUT2D eigenvalue weighted by Crippen LogP contribution is 2.19. The third kappa shape index (κ3) is 3.36. The van der Waals surface area contributed by atoms with E-state index in [4.69, 9.17) is 11.6 Å². The summed E-state index contributed by atoms with van der Waals surface area (Å²) in [7, 11) is 0. The minimum absolute atomic E-state index is 0.0792. The summed E-state index contributed by atoms with van der Waals surface area (Å²) in [4.78, 5) is 27.0. The summed E-state index contributed by atoms with van der Waals surface area (Å²) in [6, 6.07) is -0.466. The molecule has 3 N–H and O–H groups in total. The molecule has 0 spiro atoms. The molecule has 0 aromatic carbocycles. The Balaban J connectivity index is 2.19. The Morgan fingerprint density at radius 2 is 2.10 bits per heavy atom. The number of aromatic nitrogens is 4. The first-order valence-electron chi connectivity index (χ1n) is 6.21. The summed E-state index contributed by atoms with van der Waals surface area (Å²) >= 11 is 5.83. The largest absolute Gasteiger partial charge is 0.357 e. The van der Waals surface area contributed by atoms with E-state index in [0.29, 0.717) is 17.0 Å². The Hall–Kier alpha value is -1.89. The molecule has 108 valence electrons. The van der Waals surface area contributed by atoms with E-state index in [2.05, 4.69) is 30.6 Å². The van der Waals surface area contributed by atoms with Gasteiger partial charge in [-0.15, -0.1) is 0 Å². The van der Waals surface area contributed by atoms with Crippen LogP contribution < -0.4 is 10.6 Å². The third-order valence-corrected chi connectivity index (χ3v) is 2.67. The van der Waals surface area contributed by atoms with E-state index in [1.165, 1.54) is 6.33 Å². The molecule has 20 heavy (non-hydrogen) atoms. The van der Waals surface area contributed by atoms with Gasteiger partial charge in [0.2, 0.25) is 11.2 Å². The van der Waals surface area contributed by atoms with E-state index in [1.54, 1.807) is 6.92 Å². The first kappa shape index (κ1) is 14.5. The number of H-pyrrole nitrogens is 1. The lowest BCUT2D eigenvalue weighted by Crippen LogP contribution is -2.47. The number of nitrogens with one attached hydrogen (secondary N) is 3. The quantitative estimate of drug-likeness (QED) is 0.750. The lowest BCUT2D eigenvalue weighted by molar-refractivity contribution is -0.122. The van der Waals surface area contributed by atoms with Crippen LogP contribution in [-0.2, 0) is 4.79 Å². The zero-order valence-corrected chi connectivity index (χ0v) is 12.5. The first-order valence-corrected chi connectivity index (χ1v) is 6.59. The highest BCUT2D eigenvalue weighted by Gasteiger charge is 2.20. The molecule has 2 rings (SSSR count). The Kier molecular flexibility index (Phi) is 3.80. The monoisotopic (exact) mass is 296 g/mol. The second kappa shape index (κ2) is 5.24. The molecule has 0 radical (unpaired) electrons. The molecule has 1 unspecified atom stereocenters. The number of imidazole rings is 1. The third-order valence-electron chi connectivity index (χ3n) is 2.50. The second-order valence-corrected chi connectivity index (χ2v) is 5.89. The molecule has 0 aliphatic heterocycles. The fourth-order valence-corrected chi connectivity index (χ4v) is 1.82. The van der Waals surface area contributed by atoms with E-state index in [-0.39, 0.29) is 16.7 Å². The summed E-state index contributed by atoms with van der Waals surface area (Å²) in [6.07, 6.45) is 1.50. The van der Waals surface area contributed by atoms with E-state index in [0.717, 1.165) is 0 Å². The van der Waals surface area contributed by atoms with Crippen molar-refractivity contribution in [1.82, 2.24) is 25.3 Å². The molecule has 1 amide bonds. The maximum Gasteiger partial charge on any atom is 0.242 e. The van der Waals surface area contributed by atoms with Crippen molar-refractivity contribution in [2.45, 2.75) is 39.3 Å². The van der Waals surface area contributed by atoms with Crippen LogP contribution in [0.2, 0.25) is 5.28 Å². The predicted molar refractivity (Wildman–Crippen MR) is 77.7 cm³/mol. The number of halogens is 1. The average molecular weight is 297 g/mol. The summed E-state index contributed by atoms with van der Waals surface area (Å²) in [5.74, 6) is 0.328. The number of carbonyl (C=O) groups excluding carboxylic acids is 1. The molecule has 1 atom stereocenters. The normalized spacial score (nSPS) is 13.2. The summed E-state index contributed by atoms with van der Waals surface area (Å²) in [6.45, 7) is 7.52. The minimum atomic E-state index is -0.466. The summed E-state index contributed by atoms with van der Waals surface area (Å²) in [5.41, 5.74) is 0.778. The topological polar surface area (TPSA) is 95.6 Å². The van der Waals surface area contributed by atoms with Gasteiger partial charge < -0.3 is 15.6 Å². The molecule has 8 heteroatoms. The van der Waals surface area contributed by atoms with Crippen molar-refractivity contribution in [3.05, 3.63) is 11.6 Å². The van der Waals surface area contributed by atoms with Crippen LogP contribution in [-0.4, -0.2) is 37.4 Å². The number of nitrogens with zero attached hydrogens (tertiary/aromatic N) is 3. The number of hydrogen-bond donors (Lipinski definition) is 3. The van der Waals surface area contributed by atoms with Gasteiger partial charge in [-0.1, -0.05) is 0 Å². The molecule has 0 bridgehead atoms. The Labute approximate surface area is 121 Å². The number of rotatable bonds is 3. The Morgan fingerprint density at radius 1 is 1.40 bits per heavy atom. The maximum atomic E-state index is 12.0. The van der Waals surface area contributed by atoms with Crippen molar-refractivity contribution in [2.24, 2.45) is 0 Å². The average Bonchev–Trinajstić information content (AvgIpc) is 2.74. The van der Waals surface area contributed by atoms with Gasteiger partial charge in [-0.2, -0.15) is 9.97 Å². The SMILES string of the molecule is CC(Nc1nc(Cl)nc2nc[nH]c12)C(=O)NC(C)(C)C. The van der Waals surface area contributed by atoms with Gasteiger partial charge in [-0.3, -0.25) is 4.79 Å². The van der Waals surface area contributed by atoms with Crippen LogP contribution in [0.3, 0.4) is 0 Å². The highest BCUT2D eigenvalue weighted by atomic mass is 35.5. The van der Waals surface area contributed by atoms with Crippen molar-refractivity contribution in [3.63, 3.8) is 0 Å². The van der Waals surface area contributed by atoms with Crippen molar-refractivity contribution < 1.29 is 4.79 Å². The number of carbonyl (C=O) groups is 1. The van der Waals surface area contributed by atoms with Crippen LogP contribution in [0.1, 0.15) is 27.7 Å². The van der Waals surface area contributed by atoms with E-state index < -0.39 is 6.04 Å². The zero-order chi connectivity index (χ0) is 14.9. The van der Waals surface area contributed by atoms with Gasteiger partial charge in [0.25, 0.3) is 0 Å². The van der Waals surface area contributed by atoms with Gasteiger partial charge in [-0.05, 0) is 39.3 Å². The second-order valence-electron chi connectivity index (χ2n) is 5.55. The molecule has 0 aliphatic rings. The molecule has 0 saturated heterocycles. The van der Waals surface area contributed by atoms with Crippen LogP contribution >= 0.6 is 11.6 Å². The maximum absolute atomic E-state index is 12.0. The fourth-order valence-electron chi connectivity index (χ4n) is 1.66. The molecular weight excluding hydrogens is 280 g/mol. The number of fused-ring (bicyclic) bond motifs is 1. The van der Waals surface area contributed by atoms with Gasteiger partial charge in [0.15, 0.2) is 11.5 Å². The van der Waals surface area contributed by atoms with Crippen molar-refractivity contribution >= 4 is 34.5 Å². The molecule has 0 fully saturated rings. The predicted octanol–water partition coefficient (Wildman–Crippen LogP) is 1.72. The summed E-state index contributed by atoms with van der Waals surface area (Å²) in [5, 5.41) is 5.99. The van der Waals surface area contributed by atoms with Gasteiger partial charge in [0.05, 0.1) is 6.33 Å². The van der Waals surface area contributed by atoms with Gasteiger partial charge >= 0.3 is 0 Å². The molecule has 2 aromatic heterocycles. The molecule has 2 aromatic rings. The highest BCUT2D eigenvalue weighted by molar-refractivity contribution is 6.28. The molecule has 2 heterocycles. The summed E-state index contributed by atoms with van der Waals surface area (Å²) < 4.78 is 0. The van der Waals surface area contributed by atoms with Crippen LogP contribution in [0.4, 0.5) is 5.82 Å². The smallest absolute Gasteiger partial charge is 0.242 e. The zero-order valence-electron chi connectivity index (χ0n) is 11.8. The molecular formula is C12H17ClN6O. The lowest BCUT2D eigenvalue weighted by Gasteiger charge is -2.23. The van der Waals surface area contributed by atoms with Gasteiger partial charge in [-0.25, -0.2) is 4.98 Å². The Bertz CT molecular complexity index is 632. The van der Waals surface area contributed by atoms with E-state index in [9.17, 15) is 4.79 Å².